The zero-order valence-corrected chi connectivity index (χ0v) is 92.9. The summed E-state index contributed by atoms with van der Waals surface area (Å²) in [6.45, 7) is 77.4. The quantitative estimate of drug-likeness (QED) is 0.0716. The van der Waals surface area contributed by atoms with Crippen molar-refractivity contribution in [2.24, 2.45) is 0 Å². The summed E-state index contributed by atoms with van der Waals surface area (Å²) in [5.74, 6) is 3.96. The molecule has 0 N–H and O–H groups in total. The number of likely N-dealkylation sites (tertiary alicyclic amines) is 4. The normalized spacial score (nSPS) is 20.7. The lowest BCUT2D eigenvalue weighted by Crippen LogP contribution is -2.55. The summed E-state index contributed by atoms with van der Waals surface area (Å²) in [5.41, 5.74) is 19.9. The lowest BCUT2D eigenvalue weighted by Gasteiger charge is -2.43. The van der Waals surface area contributed by atoms with E-state index in [1.54, 1.807) is 7.11 Å². The van der Waals surface area contributed by atoms with Crippen LogP contribution in [0.5, 0.6) is 0 Å². The Labute approximate surface area is 866 Å². The molecule has 0 saturated carbocycles. The van der Waals surface area contributed by atoms with E-state index in [2.05, 4.69) is 371 Å². The van der Waals surface area contributed by atoms with Crippen molar-refractivity contribution in [2.75, 3.05) is 249 Å². The monoisotopic (exact) mass is 1950 g/mol. The first-order valence-corrected chi connectivity index (χ1v) is 55.9. The fraction of sp³-hybridized carbons (Fsp3) is 0.590. The van der Waals surface area contributed by atoms with Gasteiger partial charge in [0.25, 0.3) is 0 Å². The highest BCUT2D eigenvalue weighted by Gasteiger charge is 2.33. The Bertz CT molecular complexity index is 4800. The Morgan fingerprint density at radius 1 is 0.380 bits per heavy atom. The largest absolute Gasteiger partial charge is 0.383 e. The molecule has 19 rings (SSSR count). The van der Waals surface area contributed by atoms with Gasteiger partial charge in [0.1, 0.15) is 5.82 Å². The number of piperazine rings is 4. The van der Waals surface area contributed by atoms with Crippen LogP contribution >= 0.6 is 11.3 Å². The number of thiophene rings is 1. The molecule has 10 saturated heterocycles. The summed E-state index contributed by atoms with van der Waals surface area (Å²) >= 11 is 1.94. The predicted octanol–water partition coefficient (Wildman–Crippen LogP) is 22.6. The van der Waals surface area contributed by atoms with Crippen LogP contribution < -0.4 is 24.5 Å². The van der Waals surface area contributed by atoms with Crippen LogP contribution in [-0.2, 0) is 4.74 Å². The molecule has 0 spiro atoms. The third-order valence-electron chi connectivity index (χ3n) is 31.7. The lowest BCUT2D eigenvalue weighted by atomic mass is 9.89. The molecule has 10 fully saturated rings. The molecule has 0 aliphatic carbocycles. The third-order valence-corrected chi connectivity index (χ3v) is 32.7. The second-order valence-corrected chi connectivity index (χ2v) is 44.0. The number of rotatable bonds is 19. The number of ether oxygens (including phenoxy) is 1. The first-order valence-electron chi connectivity index (χ1n) is 55.1. The van der Waals surface area contributed by atoms with Gasteiger partial charge in [0, 0.05) is 202 Å². The van der Waals surface area contributed by atoms with Crippen molar-refractivity contribution < 1.29 is 4.74 Å². The van der Waals surface area contributed by atoms with Gasteiger partial charge in [0.05, 0.1) is 41.1 Å². The van der Waals surface area contributed by atoms with E-state index in [0.717, 1.165) is 126 Å². The second kappa shape index (κ2) is 60.6. The summed E-state index contributed by atoms with van der Waals surface area (Å²) in [7, 11) is 6.18. The zero-order chi connectivity index (χ0) is 101. The molecule has 3 aromatic heterocycles. The molecule has 10 aliphatic rings. The van der Waals surface area contributed by atoms with Crippen molar-refractivity contribution in [1.29, 1.82) is 0 Å². The third kappa shape index (κ3) is 37.8. The van der Waals surface area contributed by atoms with Gasteiger partial charge in [0.15, 0.2) is 0 Å². The fourth-order valence-electron chi connectivity index (χ4n) is 21.3. The summed E-state index contributed by atoms with van der Waals surface area (Å²) < 4.78 is 5.13. The molecule has 9 aromatic rings. The number of aryl methyl sites for hydroxylation is 9. The van der Waals surface area contributed by atoms with Gasteiger partial charge in [-0.1, -0.05) is 169 Å². The molecule has 778 valence electrons. The zero-order valence-electron chi connectivity index (χ0n) is 92.1. The van der Waals surface area contributed by atoms with E-state index in [9.17, 15) is 0 Å². The van der Waals surface area contributed by atoms with Gasteiger partial charge in [-0.3, -0.25) is 39.5 Å². The van der Waals surface area contributed by atoms with Crippen LogP contribution in [0.15, 0.2) is 195 Å². The van der Waals surface area contributed by atoms with Crippen LogP contribution in [0.3, 0.4) is 0 Å². The van der Waals surface area contributed by atoms with E-state index < -0.39 is 0 Å². The molecule has 0 radical (unpaired) electrons. The Kier molecular flexibility index (Phi) is 48.6. The molecule has 0 bridgehead atoms. The molecule has 19 nitrogen and oxygen atoms in total. The average Bonchev–Trinajstić information content (AvgIpc) is 1.67. The molecule has 13 heterocycles. The maximum absolute atomic E-state index is 5.13. The fourth-order valence-corrected chi connectivity index (χ4v) is 22.2. The van der Waals surface area contributed by atoms with Gasteiger partial charge >= 0.3 is 0 Å². The SMILES string of the molecule is C=CCN1CCC(c2ccc(C)cc2)CC1.CCC(C)N1CCN(c2ccc(C)cc2)CC1.CCN1CCC(c2ccc(C)cc2)CC1.CCN1CCN(c2ccc(C)cc2)CC1.COCCN1CCC(c2ccc(C)cc2)CC1.Cc1ccc(N2CCN3CCCC3C2)s1.Cc1ccc(N2C[C@@H](C)N(C)[C@@H](C)C2)cc1.Cc1cnc(C2CCN(C)CC2)cn1.Cc1cnc(N2CCCN(C(C)C)CC2)cn1. The van der Waals surface area contributed by atoms with Crippen LogP contribution in [-0.4, -0.2) is 318 Å². The van der Waals surface area contributed by atoms with Crippen molar-refractivity contribution in [3.05, 3.63) is 267 Å². The standard InChI is InChI=1S/C15H24N2.C15H23NO.C15H21N.C14H22N2.C14H21N.C13H22N4.C13H20N2.C12H18N2S.C11H17N3/c1-4-14(3)16-9-11-17(12-10-16)15-7-5-13(2)6-8-15;1-13-3-5-14(6-4-13)15-7-9-16(10-8-15)11-12-17-2;1-3-10-16-11-8-15(9-12-16)14-6-4-13(2)5-7-14;1-11-5-7-14(8-6-11)16-9-12(2)15(4)13(3)10-16;1-3-15-10-8-14(9-11-15)13-6-4-12(2)5-7-13;1-11(2)16-5-4-6-17(8-7-16)13-10-14-12(3)9-15-13;1-3-14-8-10-15(11-9-14)13-6-4-12(2)5-7-13;1-10-4-5-12(15-10)14-8-7-13-6-2-3-11(13)9-14;1-9-7-13-11(8-12-9)10-3-5-14(2)6-4-10/h5-8,14H,4,9-12H2,1-3H3;3-6,15H,7-12H2,1-2H3;3-7,15H,1,8-12H2,2H3;5-8,12-13H,9-10H2,1-4H3;4-7,14H,3,8-11H2,1-2H3;9-11H,4-8H2,1-3H3;4-7H,3,8-11H2,1-2H3;4-5,11H,2-3,6-9H2,1H3;7-8,10H,3-6H2,1-2H3/t;;;12-,13+;;;;;. The van der Waals surface area contributed by atoms with Crippen LogP contribution in [0.4, 0.5) is 27.9 Å². The topological polar surface area (TPSA) is 106 Å². The molecule has 4 atom stereocenters. The van der Waals surface area contributed by atoms with Gasteiger partial charge in [0.2, 0.25) is 0 Å². The summed E-state index contributed by atoms with van der Waals surface area (Å²) in [6, 6.07) is 61.8. The Morgan fingerprint density at radius 3 is 1.23 bits per heavy atom. The van der Waals surface area contributed by atoms with Crippen molar-refractivity contribution in [3.8, 4) is 0 Å². The number of aromatic nitrogens is 4. The Balaban J connectivity index is 0.000000153. The minimum Gasteiger partial charge on any atom is -0.383 e. The molecule has 142 heavy (non-hydrogen) atoms. The highest BCUT2D eigenvalue weighted by molar-refractivity contribution is 7.16. The minimum atomic E-state index is 0.624. The average molecular weight is 1960 g/mol. The number of anilines is 5. The number of benzene rings is 6. The number of methoxy groups -OCH3 is 1. The van der Waals surface area contributed by atoms with Crippen molar-refractivity contribution >= 4 is 39.2 Å². The van der Waals surface area contributed by atoms with Crippen LogP contribution in [0.1, 0.15) is 228 Å². The van der Waals surface area contributed by atoms with E-state index >= 15 is 0 Å². The number of hydrogen-bond acceptors (Lipinski definition) is 20. The number of fused-ring (bicyclic) bond motifs is 1. The van der Waals surface area contributed by atoms with Crippen LogP contribution in [0.25, 0.3) is 0 Å². The van der Waals surface area contributed by atoms with Gasteiger partial charge < -0.3 is 48.8 Å². The van der Waals surface area contributed by atoms with Crippen molar-refractivity contribution in [3.63, 3.8) is 0 Å². The van der Waals surface area contributed by atoms with E-state index in [1.807, 2.05) is 56.0 Å². The summed E-state index contributed by atoms with van der Waals surface area (Å²) in [6.07, 6.45) is 25.1. The molecular formula is C122H188N18OS. The Morgan fingerprint density at radius 2 is 0.803 bits per heavy atom. The minimum absolute atomic E-state index is 0.624. The predicted molar refractivity (Wildman–Crippen MR) is 609 cm³/mol. The summed E-state index contributed by atoms with van der Waals surface area (Å²) in [5, 5.41) is 1.47. The van der Waals surface area contributed by atoms with Gasteiger partial charge in [-0.05, 0) is 343 Å². The first kappa shape index (κ1) is 114. The van der Waals surface area contributed by atoms with Crippen LogP contribution in [0, 0.1) is 62.3 Å². The number of hydrogen-bond donors (Lipinski definition) is 0. The highest BCUT2D eigenvalue weighted by Crippen LogP contribution is 2.35. The lowest BCUT2D eigenvalue weighted by molar-refractivity contribution is 0.130. The number of piperidine rings is 4. The van der Waals surface area contributed by atoms with Gasteiger partial charge in [-0.2, -0.15) is 0 Å². The molecule has 2 unspecified atom stereocenters. The van der Waals surface area contributed by atoms with E-state index in [0.29, 0.717) is 24.0 Å². The van der Waals surface area contributed by atoms with Crippen LogP contribution in [0.2, 0.25) is 0 Å². The van der Waals surface area contributed by atoms with Crippen molar-refractivity contribution in [2.45, 2.75) is 249 Å². The maximum Gasteiger partial charge on any atom is 0.147 e. The first-order chi connectivity index (χ1) is 68.7. The molecule has 0 amide bonds. The molecule has 10 aliphatic heterocycles. The van der Waals surface area contributed by atoms with E-state index in [1.165, 1.54) is 284 Å². The van der Waals surface area contributed by atoms with E-state index in [-0.39, 0.29) is 0 Å². The molecule has 20 heteroatoms. The van der Waals surface area contributed by atoms with Crippen molar-refractivity contribution in [1.82, 2.24) is 64.0 Å². The molecule has 6 aromatic carbocycles. The number of likely N-dealkylation sites (N-methyl/N-ethyl adjacent to an activating group) is 2. The Hall–Kier alpha value is -8.48. The number of nitrogens with zero attached hydrogens (tertiary/aromatic N) is 18. The highest BCUT2D eigenvalue weighted by atomic mass is 32.1. The maximum atomic E-state index is 5.13. The smallest absolute Gasteiger partial charge is 0.147 e. The van der Waals surface area contributed by atoms with Gasteiger partial charge in [-0.25, -0.2) is 4.98 Å². The van der Waals surface area contributed by atoms with Gasteiger partial charge in [-0.15, -0.1) is 17.9 Å². The second-order valence-electron chi connectivity index (χ2n) is 42.7. The molecular weight excluding hydrogens is 1770 g/mol. The van der Waals surface area contributed by atoms with E-state index in [4.69, 9.17) is 4.74 Å². The summed E-state index contributed by atoms with van der Waals surface area (Å²) in [4.78, 5) is 54.0.